The quantitative estimate of drug-likeness (QED) is 0.184. The first kappa shape index (κ1) is 52.8. The van der Waals surface area contributed by atoms with Gasteiger partial charge in [0.25, 0.3) is 0 Å². The molecule has 0 unspecified atom stereocenters. The van der Waals surface area contributed by atoms with Crippen molar-refractivity contribution in [2.24, 2.45) is 0 Å². The van der Waals surface area contributed by atoms with Gasteiger partial charge in [-0.2, -0.15) is 0 Å². The molecule has 8 bridgehead atoms. The second kappa shape index (κ2) is 20.4. The molecule has 0 radical (unpaired) electrons. The van der Waals surface area contributed by atoms with Crippen LogP contribution < -0.4 is 0 Å². The first-order valence-electron chi connectivity index (χ1n) is 33.1. The monoisotopic (exact) mass is 1210 g/mol. The smallest absolute Gasteiger partial charge is 0.0816 e. The highest BCUT2D eigenvalue weighted by molar-refractivity contribution is 6.27. The number of aromatic amines is 2. The summed E-state index contributed by atoms with van der Waals surface area (Å²) in [6, 6.07) is 117. The van der Waals surface area contributed by atoms with Crippen molar-refractivity contribution in [3.63, 3.8) is 0 Å². The predicted molar refractivity (Wildman–Crippen MR) is 407 cm³/mol. The van der Waals surface area contributed by atoms with Gasteiger partial charge in [-0.15, -0.1) is 0 Å². The SMILES string of the molecule is c1ccc2cc3c(cc2c1)-c1nc-3c(-c2cccc3ccccc23)c2[nH]c(c(-c3cccc4ccccc34)c3nc(c(-c4cccc5ccccc45)c4[nH]c(c1-c1cccc5ccccc15)c1cc5ccccc5cc41)-c1cc4ccccc4cc1-3)c1cc3ccccc3cc21. The molecule has 0 saturated carbocycles. The van der Waals surface area contributed by atoms with Crippen molar-refractivity contribution >= 4 is 130 Å². The molecule has 2 aromatic heterocycles. The summed E-state index contributed by atoms with van der Waals surface area (Å²) < 4.78 is 0. The summed E-state index contributed by atoms with van der Waals surface area (Å²) in [5.41, 5.74) is 20.0. The Labute approximate surface area is 551 Å². The third-order valence-corrected chi connectivity index (χ3v) is 20.8. The Kier molecular flexibility index (Phi) is 11.2. The highest BCUT2D eigenvalue weighted by atomic mass is 14.8. The van der Waals surface area contributed by atoms with E-state index in [1.807, 2.05) is 0 Å². The topological polar surface area (TPSA) is 57.4 Å². The van der Waals surface area contributed by atoms with Crippen LogP contribution in [0, 0.1) is 0 Å². The van der Waals surface area contributed by atoms with E-state index < -0.39 is 0 Å². The highest BCUT2D eigenvalue weighted by Gasteiger charge is 2.32. The zero-order chi connectivity index (χ0) is 62.7. The van der Waals surface area contributed by atoms with Gasteiger partial charge >= 0.3 is 0 Å². The van der Waals surface area contributed by atoms with E-state index in [0.29, 0.717) is 0 Å². The Bertz CT molecular complexity index is 6010. The van der Waals surface area contributed by atoms with Gasteiger partial charge in [0.1, 0.15) is 0 Å². The Hall–Kier alpha value is -12.8. The lowest BCUT2D eigenvalue weighted by molar-refractivity contribution is 1.40. The van der Waals surface area contributed by atoms with Crippen molar-refractivity contribution in [2.45, 2.75) is 0 Å². The van der Waals surface area contributed by atoms with E-state index >= 15 is 0 Å². The lowest BCUT2D eigenvalue weighted by Gasteiger charge is -2.13. The molecule has 442 valence electrons. The number of rotatable bonds is 4. The minimum absolute atomic E-state index is 0.886. The van der Waals surface area contributed by atoms with Gasteiger partial charge in [-0.3, -0.25) is 0 Å². The fraction of sp³-hybridized carbons (Fsp3) is 0. The van der Waals surface area contributed by atoms with Crippen molar-refractivity contribution in [3.8, 4) is 89.5 Å². The summed E-state index contributed by atoms with van der Waals surface area (Å²) in [7, 11) is 0. The number of benzene rings is 16. The molecule has 0 amide bonds. The average Bonchev–Trinajstić information content (AvgIpc) is 1.59. The van der Waals surface area contributed by atoms with Crippen molar-refractivity contribution in [1.29, 1.82) is 0 Å². The van der Waals surface area contributed by atoms with Crippen molar-refractivity contribution in [3.05, 3.63) is 315 Å². The average molecular weight is 1220 g/mol. The molecule has 4 heterocycles. The van der Waals surface area contributed by atoms with Crippen LogP contribution in [0.1, 0.15) is 0 Å². The molecule has 0 fully saturated rings. The minimum Gasteiger partial charge on any atom is -0.353 e. The Morgan fingerprint density at radius 1 is 0.156 bits per heavy atom. The summed E-state index contributed by atoms with van der Waals surface area (Å²) >= 11 is 0. The van der Waals surface area contributed by atoms with Gasteiger partial charge in [-0.25, -0.2) is 9.97 Å². The van der Waals surface area contributed by atoms with Gasteiger partial charge in [-0.1, -0.05) is 267 Å². The van der Waals surface area contributed by atoms with E-state index in [4.69, 9.17) is 9.97 Å². The van der Waals surface area contributed by atoms with Crippen molar-refractivity contribution < 1.29 is 0 Å². The summed E-state index contributed by atoms with van der Waals surface area (Å²) in [6.45, 7) is 0. The zero-order valence-electron chi connectivity index (χ0n) is 51.9. The van der Waals surface area contributed by atoms with E-state index in [1.54, 1.807) is 0 Å². The molecule has 0 spiro atoms. The molecule has 0 atom stereocenters. The van der Waals surface area contributed by atoms with Crippen LogP contribution in [0.2, 0.25) is 0 Å². The van der Waals surface area contributed by atoms with Crippen LogP contribution in [-0.2, 0) is 0 Å². The number of hydrogen-bond acceptors (Lipinski definition) is 2. The predicted octanol–water partition coefficient (Wildman–Crippen LogP) is 25.2. The summed E-state index contributed by atoms with van der Waals surface area (Å²) in [4.78, 5) is 21.9. The van der Waals surface area contributed by atoms with Gasteiger partial charge in [-0.05, 0) is 157 Å². The first-order valence-corrected chi connectivity index (χ1v) is 33.1. The maximum atomic E-state index is 6.46. The number of aromatic nitrogens is 4. The van der Waals surface area contributed by atoms with Gasteiger partial charge in [0.15, 0.2) is 0 Å². The molecular weight excluding hydrogens is 1160 g/mol. The van der Waals surface area contributed by atoms with Crippen molar-refractivity contribution in [1.82, 2.24) is 19.9 Å². The molecule has 2 aliphatic heterocycles. The second-order valence-electron chi connectivity index (χ2n) is 26.0. The zero-order valence-corrected chi connectivity index (χ0v) is 51.9. The molecule has 2 N–H and O–H groups in total. The number of fused-ring (bicyclic) bond motifs is 8. The minimum atomic E-state index is 0.886. The second-order valence-corrected chi connectivity index (χ2v) is 26.0. The summed E-state index contributed by atoms with van der Waals surface area (Å²) in [6.07, 6.45) is 0. The number of H-pyrrole nitrogens is 2. The maximum absolute atomic E-state index is 6.46. The van der Waals surface area contributed by atoms with Crippen LogP contribution in [0.5, 0.6) is 0 Å². The van der Waals surface area contributed by atoms with E-state index in [0.717, 1.165) is 219 Å². The molecule has 18 aromatic rings. The van der Waals surface area contributed by atoms with Crippen molar-refractivity contribution in [2.75, 3.05) is 0 Å². The third kappa shape index (κ3) is 7.78. The van der Waals surface area contributed by atoms with E-state index in [2.05, 4.69) is 325 Å². The molecule has 16 aromatic carbocycles. The van der Waals surface area contributed by atoms with Crippen LogP contribution in [0.4, 0.5) is 0 Å². The molecule has 4 nitrogen and oxygen atoms in total. The van der Waals surface area contributed by atoms with Gasteiger partial charge in [0.2, 0.25) is 0 Å². The van der Waals surface area contributed by atoms with Gasteiger partial charge in [0.05, 0.1) is 44.8 Å². The Balaban J connectivity index is 1.13. The molecule has 3 aliphatic rings. The van der Waals surface area contributed by atoms with Crippen LogP contribution >= 0.6 is 0 Å². The molecule has 1 aliphatic carbocycles. The third-order valence-electron chi connectivity index (χ3n) is 20.8. The van der Waals surface area contributed by atoms with Crippen LogP contribution in [0.3, 0.4) is 0 Å². The number of hydrogen-bond donors (Lipinski definition) is 2. The fourth-order valence-corrected chi connectivity index (χ4v) is 16.4. The summed E-state index contributed by atoms with van der Waals surface area (Å²) in [5, 5.41) is 22.6. The maximum Gasteiger partial charge on any atom is 0.0816 e. The molecule has 21 rings (SSSR count). The van der Waals surface area contributed by atoms with E-state index in [1.165, 1.54) is 0 Å². The molecule has 96 heavy (non-hydrogen) atoms. The largest absolute Gasteiger partial charge is 0.353 e. The summed E-state index contributed by atoms with van der Waals surface area (Å²) in [5.74, 6) is 0. The Morgan fingerprint density at radius 2 is 0.344 bits per heavy atom. The molecular formula is C92H54N4. The normalized spacial score (nSPS) is 12.2. The number of nitrogens with one attached hydrogen (secondary N) is 2. The van der Waals surface area contributed by atoms with E-state index in [-0.39, 0.29) is 0 Å². The number of nitrogens with zero attached hydrogens (tertiary/aromatic N) is 2. The molecule has 4 heteroatoms. The van der Waals surface area contributed by atoms with E-state index in [9.17, 15) is 0 Å². The van der Waals surface area contributed by atoms with Crippen LogP contribution in [0.15, 0.2) is 315 Å². The lowest BCUT2D eigenvalue weighted by atomic mass is 9.89. The van der Waals surface area contributed by atoms with Gasteiger partial charge in [0, 0.05) is 66.1 Å². The first-order chi connectivity index (χ1) is 47.6. The molecule has 0 saturated heterocycles. The fourth-order valence-electron chi connectivity index (χ4n) is 16.4. The Morgan fingerprint density at radius 3 is 0.573 bits per heavy atom. The van der Waals surface area contributed by atoms with Gasteiger partial charge < -0.3 is 9.97 Å². The lowest BCUT2D eigenvalue weighted by Crippen LogP contribution is -1.90. The van der Waals surface area contributed by atoms with Crippen LogP contribution in [-0.4, -0.2) is 19.9 Å². The van der Waals surface area contributed by atoms with Crippen LogP contribution in [0.25, 0.3) is 219 Å². The highest BCUT2D eigenvalue weighted by Crippen LogP contribution is 2.55. The standard InChI is InChI=1S/C92H54N4/c1-2-26-58-46-74-73(45-57(58)25-1)85-81(69-41-17-33-53-21-9-13-37-65(53)69)87-75-47-59-27-3-4-28-60(59)48-76(75)89(94-87)83(71-43-19-35-55-23-11-15-39-67(55)71)91-79-51-63-31-7-8-32-64(63)52-80(79)92(96-91)84(72-44-20-36-56-24-12-16-40-68(56)72)90-78-50-62-30-6-5-29-61(62)49-77(78)88(95-90)82(86(74)93-85)70-42-18-34-54-22-10-14-38-66(54)70/h1-52,93,96H.